The van der Waals surface area contributed by atoms with Gasteiger partial charge in [0.25, 0.3) is 5.91 Å². The third kappa shape index (κ3) is 2.58. The smallest absolute Gasteiger partial charge is 0.255 e. The molecule has 2 aromatic rings. The number of benzene rings is 1. The maximum Gasteiger partial charge on any atom is 0.255 e. The van der Waals surface area contributed by atoms with Gasteiger partial charge in [-0.15, -0.1) is 0 Å². The minimum atomic E-state index is -0.974. The van der Waals surface area contributed by atoms with Crippen molar-refractivity contribution in [3.63, 3.8) is 0 Å². The Morgan fingerprint density at radius 1 is 1.47 bits per heavy atom. The van der Waals surface area contributed by atoms with E-state index < -0.39 is 12.7 Å². The molecule has 0 bridgehead atoms. The molecule has 0 saturated carbocycles. The number of rotatable bonds is 4. The van der Waals surface area contributed by atoms with Gasteiger partial charge in [-0.05, 0) is 6.07 Å². The van der Waals surface area contributed by atoms with Crippen molar-refractivity contribution in [2.75, 3.05) is 13.2 Å². The maximum absolute atomic E-state index is 12.1. The van der Waals surface area contributed by atoms with Crippen molar-refractivity contribution in [2.45, 2.75) is 6.10 Å². The van der Waals surface area contributed by atoms with Gasteiger partial charge in [0.1, 0.15) is 5.15 Å². The van der Waals surface area contributed by atoms with Gasteiger partial charge in [-0.3, -0.25) is 4.79 Å². The van der Waals surface area contributed by atoms with E-state index >= 15 is 0 Å². The molecule has 1 unspecified atom stereocenters. The molecule has 6 heteroatoms. The van der Waals surface area contributed by atoms with E-state index in [1.807, 2.05) is 24.3 Å². The highest BCUT2D eigenvalue weighted by molar-refractivity contribution is 6.35. The number of halogens is 1. The highest BCUT2D eigenvalue weighted by Crippen LogP contribution is 2.28. The van der Waals surface area contributed by atoms with Crippen molar-refractivity contribution < 1.29 is 15.0 Å². The highest BCUT2D eigenvalue weighted by atomic mass is 35.5. The summed E-state index contributed by atoms with van der Waals surface area (Å²) < 4.78 is 1.73. The lowest BCUT2D eigenvalue weighted by atomic mass is 10.1. The van der Waals surface area contributed by atoms with Gasteiger partial charge >= 0.3 is 0 Å². The lowest BCUT2D eigenvalue weighted by molar-refractivity contribution is 0.0803. The molecule has 19 heavy (non-hydrogen) atoms. The fraction of sp³-hybridized carbons (Fsp3) is 0.308. The van der Waals surface area contributed by atoms with E-state index in [4.69, 9.17) is 16.7 Å². The first kappa shape index (κ1) is 13.9. The number of hydrogen-bond acceptors (Lipinski definition) is 3. The fourth-order valence-corrected chi connectivity index (χ4v) is 2.22. The van der Waals surface area contributed by atoms with Crippen LogP contribution in [-0.4, -0.2) is 39.9 Å². The molecule has 1 aromatic carbocycles. The Morgan fingerprint density at radius 2 is 2.16 bits per heavy atom. The van der Waals surface area contributed by atoms with Gasteiger partial charge in [0.05, 0.1) is 18.3 Å². The Morgan fingerprint density at radius 3 is 2.84 bits per heavy atom. The van der Waals surface area contributed by atoms with E-state index in [2.05, 4.69) is 5.32 Å². The van der Waals surface area contributed by atoms with Gasteiger partial charge < -0.3 is 20.1 Å². The Bertz CT molecular complexity index is 609. The van der Waals surface area contributed by atoms with Gasteiger partial charge in [-0.25, -0.2) is 0 Å². The first-order valence-electron chi connectivity index (χ1n) is 5.86. The van der Waals surface area contributed by atoms with Gasteiger partial charge in [-0.1, -0.05) is 29.8 Å². The topological polar surface area (TPSA) is 74.5 Å². The van der Waals surface area contributed by atoms with E-state index in [-0.39, 0.29) is 12.5 Å². The number of carbonyl (C=O) groups excluding carboxylic acids is 1. The first-order chi connectivity index (χ1) is 9.06. The minimum Gasteiger partial charge on any atom is -0.394 e. The Labute approximate surface area is 115 Å². The number of amides is 1. The predicted octanol–water partition coefficient (Wildman–Crippen LogP) is 0.915. The Kier molecular flexibility index (Phi) is 4.09. The van der Waals surface area contributed by atoms with Gasteiger partial charge in [0, 0.05) is 24.5 Å². The van der Waals surface area contributed by atoms with E-state index in [1.54, 1.807) is 11.6 Å². The summed E-state index contributed by atoms with van der Waals surface area (Å²) in [5, 5.41) is 21.6. The van der Waals surface area contributed by atoms with Crippen LogP contribution in [0.2, 0.25) is 5.15 Å². The van der Waals surface area contributed by atoms with Crippen LogP contribution in [0.25, 0.3) is 10.9 Å². The molecule has 1 amide bonds. The molecule has 0 radical (unpaired) electrons. The molecule has 0 aliphatic rings. The Hall–Kier alpha value is -1.56. The second kappa shape index (κ2) is 5.61. The molecule has 0 saturated heterocycles. The predicted molar refractivity (Wildman–Crippen MR) is 73.4 cm³/mol. The third-order valence-corrected chi connectivity index (χ3v) is 3.41. The molecule has 0 aliphatic heterocycles. The van der Waals surface area contributed by atoms with Crippen LogP contribution in [0, 0.1) is 0 Å². The normalized spacial score (nSPS) is 12.6. The zero-order chi connectivity index (χ0) is 14.0. The van der Waals surface area contributed by atoms with Crippen LogP contribution in [0.4, 0.5) is 0 Å². The second-order valence-electron chi connectivity index (χ2n) is 4.29. The number of fused-ring (bicyclic) bond motifs is 1. The molecule has 3 N–H and O–H groups in total. The number of nitrogens with one attached hydrogen (secondary N) is 1. The lowest BCUT2D eigenvalue weighted by Gasteiger charge is -2.08. The summed E-state index contributed by atoms with van der Waals surface area (Å²) in [5.41, 5.74) is 1.24. The number of aromatic nitrogens is 1. The standard InChI is InChI=1S/C13H15ClN2O3/c1-16-10-5-3-2-4-9(10)11(12(16)14)13(19)15-6-8(18)7-17/h2-5,8,17-18H,6-7H2,1H3,(H,15,19). The van der Waals surface area contributed by atoms with E-state index in [1.165, 1.54) is 0 Å². The first-order valence-corrected chi connectivity index (χ1v) is 6.24. The van der Waals surface area contributed by atoms with E-state index in [0.717, 1.165) is 10.9 Å². The molecule has 2 rings (SSSR count). The number of aliphatic hydroxyl groups excluding tert-OH is 2. The van der Waals surface area contributed by atoms with Gasteiger partial charge in [0.15, 0.2) is 0 Å². The molecule has 0 fully saturated rings. The van der Waals surface area contributed by atoms with Gasteiger partial charge in [0.2, 0.25) is 0 Å². The molecule has 1 heterocycles. The van der Waals surface area contributed by atoms with Gasteiger partial charge in [-0.2, -0.15) is 0 Å². The Balaban J connectivity index is 2.34. The molecule has 1 aromatic heterocycles. The monoisotopic (exact) mass is 282 g/mol. The van der Waals surface area contributed by atoms with Crippen LogP contribution in [0.5, 0.6) is 0 Å². The van der Waals surface area contributed by atoms with Crippen molar-refractivity contribution in [1.29, 1.82) is 0 Å². The summed E-state index contributed by atoms with van der Waals surface area (Å²) in [6.45, 7) is -0.418. The van der Waals surface area contributed by atoms with Crippen molar-refractivity contribution in [2.24, 2.45) is 7.05 Å². The zero-order valence-corrected chi connectivity index (χ0v) is 11.2. The summed E-state index contributed by atoms with van der Waals surface area (Å²) in [5.74, 6) is -0.366. The largest absolute Gasteiger partial charge is 0.394 e. The molecule has 1 atom stereocenters. The number of aliphatic hydroxyl groups is 2. The molecular weight excluding hydrogens is 268 g/mol. The van der Waals surface area contributed by atoms with Crippen molar-refractivity contribution in [1.82, 2.24) is 9.88 Å². The summed E-state index contributed by atoms with van der Waals surface area (Å²) in [7, 11) is 1.78. The highest BCUT2D eigenvalue weighted by Gasteiger charge is 2.19. The van der Waals surface area contributed by atoms with Crippen LogP contribution in [0.1, 0.15) is 10.4 Å². The van der Waals surface area contributed by atoms with Crippen molar-refractivity contribution in [3.05, 3.63) is 35.0 Å². The SMILES string of the molecule is Cn1c(Cl)c(C(=O)NCC(O)CO)c2ccccc21. The third-order valence-electron chi connectivity index (χ3n) is 2.97. The molecular formula is C13H15ClN2O3. The van der Waals surface area contributed by atoms with Crippen LogP contribution >= 0.6 is 11.6 Å². The van der Waals surface area contributed by atoms with Crippen LogP contribution < -0.4 is 5.32 Å². The molecule has 5 nitrogen and oxygen atoms in total. The number of carbonyl (C=O) groups is 1. The van der Waals surface area contributed by atoms with Crippen LogP contribution in [0.15, 0.2) is 24.3 Å². The minimum absolute atomic E-state index is 0.0190. The number of aryl methyl sites for hydroxylation is 1. The molecule has 0 aliphatic carbocycles. The summed E-state index contributed by atoms with van der Waals surface area (Å²) in [6.07, 6.45) is -0.974. The fourth-order valence-electron chi connectivity index (χ4n) is 1.94. The van der Waals surface area contributed by atoms with E-state index in [9.17, 15) is 9.90 Å². The molecule has 0 spiro atoms. The van der Waals surface area contributed by atoms with Crippen LogP contribution in [0.3, 0.4) is 0 Å². The maximum atomic E-state index is 12.1. The molecule has 102 valence electrons. The quantitative estimate of drug-likeness (QED) is 0.780. The summed E-state index contributed by atoms with van der Waals surface area (Å²) >= 11 is 6.17. The van der Waals surface area contributed by atoms with Crippen LogP contribution in [-0.2, 0) is 7.05 Å². The average Bonchev–Trinajstić information content (AvgIpc) is 2.68. The number of nitrogens with zero attached hydrogens (tertiary/aromatic N) is 1. The van der Waals surface area contributed by atoms with E-state index in [0.29, 0.717) is 10.7 Å². The lowest BCUT2D eigenvalue weighted by Crippen LogP contribution is -2.33. The number of para-hydroxylation sites is 1. The average molecular weight is 283 g/mol. The summed E-state index contributed by atoms with van der Waals surface area (Å²) in [4.78, 5) is 12.1. The van der Waals surface area contributed by atoms with Crippen molar-refractivity contribution >= 4 is 28.4 Å². The van der Waals surface area contributed by atoms with Crippen molar-refractivity contribution in [3.8, 4) is 0 Å². The number of hydrogen-bond donors (Lipinski definition) is 3. The zero-order valence-electron chi connectivity index (χ0n) is 10.4. The second-order valence-corrected chi connectivity index (χ2v) is 4.65. The summed E-state index contributed by atoms with van der Waals surface area (Å²) in [6, 6.07) is 7.40.